The molecule has 0 aliphatic carbocycles. The Balaban J connectivity index is 2.72. The maximum Gasteiger partial charge on any atom is 0.244 e. The minimum atomic E-state index is -0.198. The van der Waals surface area contributed by atoms with Gasteiger partial charge in [-0.05, 0) is 17.7 Å². The second kappa shape index (κ2) is 6.36. The number of carbonyl (C=O) groups excluding carboxylic acids is 1. The first-order valence-corrected chi connectivity index (χ1v) is 5.41. The molecule has 1 rings (SSSR count). The van der Waals surface area contributed by atoms with Crippen LogP contribution < -0.4 is 5.32 Å². The normalized spacial score (nSPS) is 10.4. The monoisotopic (exact) mass is 255 g/mol. The van der Waals surface area contributed by atoms with E-state index in [4.69, 9.17) is 23.2 Å². The lowest BCUT2D eigenvalue weighted by atomic mass is 10.2. The molecule has 0 aromatic heterocycles. The summed E-state index contributed by atoms with van der Waals surface area (Å²) in [5.74, 6) is -0.198. The van der Waals surface area contributed by atoms with Crippen LogP contribution in [-0.2, 0) is 4.79 Å². The lowest BCUT2D eigenvalue weighted by Gasteiger charge is -2.00. The van der Waals surface area contributed by atoms with E-state index in [2.05, 4.69) is 11.9 Å². The summed E-state index contributed by atoms with van der Waals surface area (Å²) in [5, 5.41) is 3.53. The molecule has 1 aromatic carbocycles. The lowest BCUT2D eigenvalue weighted by Crippen LogP contribution is -2.20. The quantitative estimate of drug-likeness (QED) is 0.649. The number of hydrogen-bond donors (Lipinski definition) is 1. The highest BCUT2D eigenvalue weighted by Crippen LogP contribution is 2.26. The van der Waals surface area contributed by atoms with Crippen molar-refractivity contribution in [3.8, 4) is 0 Å². The van der Waals surface area contributed by atoms with Crippen molar-refractivity contribution in [3.05, 3.63) is 52.5 Å². The number of halogens is 2. The van der Waals surface area contributed by atoms with Crippen molar-refractivity contribution in [3.63, 3.8) is 0 Å². The van der Waals surface area contributed by atoms with Crippen LogP contribution >= 0.6 is 23.2 Å². The summed E-state index contributed by atoms with van der Waals surface area (Å²) in [5.41, 5.74) is 0.711. The van der Waals surface area contributed by atoms with Crippen LogP contribution in [0.1, 0.15) is 5.56 Å². The average molecular weight is 256 g/mol. The molecule has 0 aliphatic heterocycles. The van der Waals surface area contributed by atoms with E-state index in [1.165, 1.54) is 6.08 Å². The Labute approximate surface area is 105 Å². The van der Waals surface area contributed by atoms with Crippen molar-refractivity contribution in [2.45, 2.75) is 0 Å². The van der Waals surface area contributed by atoms with Crippen molar-refractivity contribution in [1.82, 2.24) is 5.32 Å². The molecule has 0 atom stereocenters. The van der Waals surface area contributed by atoms with Gasteiger partial charge in [0.05, 0.1) is 10.0 Å². The number of benzene rings is 1. The van der Waals surface area contributed by atoms with Crippen molar-refractivity contribution in [2.24, 2.45) is 0 Å². The Morgan fingerprint density at radius 1 is 1.44 bits per heavy atom. The molecule has 0 heterocycles. The predicted octanol–water partition coefficient (Wildman–Crippen LogP) is 3.31. The zero-order valence-electron chi connectivity index (χ0n) is 8.54. The van der Waals surface area contributed by atoms with Crippen LogP contribution in [0.5, 0.6) is 0 Å². The van der Waals surface area contributed by atoms with Crippen LogP contribution in [-0.4, -0.2) is 12.5 Å². The summed E-state index contributed by atoms with van der Waals surface area (Å²) >= 11 is 11.8. The van der Waals surface area contributed by atoms with Gasteiger partial charge in [0.15, 0.2) is 0 Å². The van der Waals surface area contributed by atoms with Gasteiger partial charge < -0.3 is 5.32 Å². The summed E-state index contributed by atoms with van der Waals surface area (Å²) in [6.07, 6.45) is 4.63. The van der Waals surface area contributed by atoms with Crippen molar-refractivity contribution in [1.29, 1.82) is 0 Å². The third-order valence-corrected chi connectivity index (χ3v) is 2.65. The summed E-state index contributed by atoms with van der Waals surface area (Å²) in [4.78, 5) is 11.2. The highest BCUT2D eigenvalue weighted by Gasteiger charge is 2.01. The van der Waals surface area contributed by atoms with Gasteiger partial charge >= 0.3 is 0 Å². The van der Waals surface area contributed by atoms with Crippen LogP contribution in [0.25, 0.3) is 6.08 Å². The van der Waals surface area contributed by atoms with E-state index in [0.29, 0.717) is 22.2 Å². The Morgan fingerprint density at radius 3 is 2.88 bits per heavy atom. The molecule has 2 nitrogen and oxygen atoms in total. The van der Waals surface area contributed by atoms with Crippen LogP contribution in [0.15, 0.2) is 36.9 Å². The molecule has 1 amide bonds. The van der Waals surface area contributed by atoms with E-state index < -0.39 is 0 Å². The largest absolute Gasteiger partial charge is 0.349 e. The average Bonchev–Trinajstić information content (AvgIpc) is 2.28. The number of rotatable bonds is 4. The minimum absolute atomic E-state index is 0.198. The molecule has 0 saturated carbocycles. The zero-order valence-corrected chi connectivity index (χ0v) is 10.1. The van der Waals surface area contributed by atoms with Crippen LogP contribution in [0.2, 0.25) is 10.0 Å². The Hall–Kier alpha value is -1.25. The maximum atomic E-state index is 11.2. The molecule has 0 bridgehead atoms. The molecular weight excluding hydrogens is 245 g/mol. The van der Waals surface area contributed by atoms with Gasteiger partial charge in [-0.2, -0.15) is 0 Å². The third-order valence-electron chi connectivity index (χ3n) is 1.82. The van der Waals surface area contributed by atoms with E-state index >= 15 is 0 Å². The SMILES string of the molecule is C=CCNC(=O)/C=C/c1cccc(Cl)c1Cl. The third kappa shape index (κ3) is 3.72. The van der Waals surface area contributed by atoms with Gasteiger partial charge in [-0.25, -0.2) is 0 Å². The fraction of sp³-hybridized carbons (Fsp3) is 0.0833. The van der Waals surface area contributed by atoms with Crippen molar-refractivity contribution < 1.29 is 4.79 Å². The Morgan fingerprint density at radius 2 is 2.19 bits per heavy atom. The molecule has 84 valence electrons. The first-order chi connectivity index (χ1) is 7.65. The summed E-state index contributed by atoms with van der Waals surface area (Å²) < 4.78 is 0. The first kappa shape index (κ1) is 12.8. The van der Waals surface area contributed by atoms with E-state index in [9.17, 15) is 4.79 Å². The van der Waals surface area contributed by atoms with E-state index in [0.717, 1.165) is 0 Å². The van der Waals surface area contributed by atoms with Gasteiger partial charge in [0.2, 0.25) is 5.91 Å². The van der Waals surface area contributed by atoms with E-state index in [1.807, 2.05) is 0 Å². The highest BCUT2D eigenvalue weighted by atomic mass is 35.5. The molecule has 16 heavy (non-hydrogen) atoms. The molecule has 1 aromatic rings. The molecule has 0 radical (unpaired) electrons. The fourth-order valence-electron chi connectivity index (χ4n) is 1.05. The van der Waals surface area contributed by atoms with Gasteiger partial charge in [-0.15, -0.1) is 6.58 Å². The van der Waals surface area contributed by atoms with Crippen molar-refractivity contribution >= 4 is 35.2 Å². The molecular formula is C12H11Cl2NO. The number of hydrogen-bond acceptors (Lipinski definition) is 1. The first-order valence-electron chi connectivity index (χ1n) is 4.66. The Bertz CT molecular complexity index is 427. The standard InChI is InChI=1S/C12H11Cl2NO/c1-2-8-15-11(16)7-6-9-4-3-5-10(13)12(9)14/h2-7H,1,8H2,(H,15,16)/b7-6+. The van der Waals surface area contributed by atoms with Crippen LogP contribution in [0.3, 0.4) is 0 Å². The molecule has 4 heteroatoms. The molecule has 0 fully saturated rings. The van der Waals surface area contributed by atoms with Crippen molar-refractivity contribution in [2.75, 3.05) is 6.54 Å². The van der Waals surface area contributed by atoms with Crippen LogP contribution in [0, 0.1) is 0 Å². The topological polar surface area (TPSA) is 29.1 Å². The fourth-order valence-corrected chi connectivity index (χ4v) is 1.42. The molecule has 0 unspecified atom stereocenters. The van der Waals surface area contributed by atoms with Crippen LogP contribution in [0.4, 0.5) is 0 Å². The number of amides is 1. The Kier molecular flexibility index (Phi) is 5.09. The summed E-state index contributed by atoms with van der Waals surface area (Å²) in [7, 11) is 0. The zero-order chi connectivity index (χ0) is 12.0. The predicted molar refractivity (Wildman–Crippen MR) is 68.7 cm³/mol. The van der Waals surface area contributed by atoms with Gasteiger partial charge in [-0.1, -0.05) is 41.4 Å². The maximum absolute atomic E-state index is 11.2. The number of carbonyl (C=O) groups is 1. The lowest BCUT2D eigenvalue weighted by molar-refractivity contribution is -0.116. The second-order valence-corrected chi connectivity index (χ2v) is 3.80. The second-order valence-electron chi connectivity index (χ2n) is 3.01. The smallest absolute Gasteiger partial charge is 0.244 e. The van der Waals surface area contributed by atoms with Gasteiger partial charge in [0, 0.05) is 12.6 Å². The van der Waals surface area contributed by atoms with E-state index in [1.54, 1.807) is 30.4 Å². The number of nitrogens with one attached hydrogen (secondary N) is 1. The van der Waals surface area contributed by atoms with Gasteiger partial charge in [0.25, 0.3) is 0 Å². The highest BCUT2D eigenvalue weighted by molar-refractivity contribution is 6.42. The van der Waals surface area contributed by atoms with Gasteiger partial charge in [0.1, 0.15) is 0 Å². The molecule has 0 spiro atoms. The molecule has 1 N–H and O–H groups in total. The summed E-state index contributed by atoms with van der Waals surface area (Å²) in [6.45, 7) is 3.94. The van der Waals surface area contributed by atoms with Gasteiger partial charge in [-0.3, -0.25) is 4.79 Å². The molecule has 0 aliphatic rings. The molecule has 0 saturated heterocycles. The minimum Gasteiger partial charge on any atom is -0.349 e. The van der Waals surface area contributed by atoms with E-state index in [-0.39, 0.29) is 5.91 Å². The summed E-state index contributed by atoms with van der Waals surface area (Å²) in [6, 6.07) is 5.25.